The maximum Gasteiger partial charge on any atom is 0.0409 e. The van der Waals surface area contributed by atoms with Crippen molar-refractivity contribution in [2.24, 2.45) is 0 Å². The molecule has 0 aliphatic carbocycles. The van der Waals surface area contributed by atoms with Crippen molar-refractivity contribution in [2.45, 2.75) is 26.8 Å². The standard InChI is InChI=1S/C17H24N2S/c1-4-18-13-15-12-14(2)7-8-17(15)19(3)10-9-16-6-5-11-20-16/h5-8,11-12,18H,4,9-10,13H2,1-3H3. The average Bonchev–Trinajstić information content (AvgIpc) is 2.96. The molecule has 0 aliphatic rings. The van der Waals surface area contributed by atoms with E-state index in [1.807, 2.05) is 11.3 Å². The van der Waals surface area contributed by atoms with Crippen LogP contribution in [0.4, 0.5) is 5.69 Å². The molecule has 20 heavy (non-hydrogen) atoms. The monoisotopic (exact) mass is 288 g/mol. The molecule has 2 rings (SSSR count). The number of nitrogens with one attached hydrogen (secondary N) is 1. The summed E-state index contributed by atoms with van der Waals surface area (Å²) in [5.41, 5.74) is 4.06. The Labute approximate surface area is 126 Å². The van der Waals surface area contributed by atoms with Crippen molar-refractivity contribution >= 4 is 17.0 Å². The predicted octanol–water partition coefficient (Wildman–Crippen LogP) is 3.84. The molecule has 1 N–H and O–H groups in total. The zero-order valence-electron chi connectivity index (χ0n) is 12.6. The van der Waals surface area contributed by atoms with Gasteiger partial charge in [0.1, 0.15) is 0 Å². The quantitative estimate of drug-likeness (QED) is 0.832. The molecule has 0 atom stereocenters. The summed E-state index contributed by atoms with van der Waals surface area (Å²) in [5.74, 6) is 0. The molecule has 1 aromatic heterocycles. The second kappa shape index (κ2) is 7.46. The fourth-order valence-electron chi connectivity index (χ4n) is 2.34. The number of hydrogen-bond acceptors (Lipinski definition) is 3. The molecule has 0 saturated carbocycles. The van der Waals surface area contributed by atoms with Crippen LogP contribution in [0.1, 0.15) is 22.9 Å². The third kappa shape index (κ3) is 4.09. The van der Waals surface area contributed by atoms with Gasteiger partial charge in [-0.1, -0.05) is 30.7 Å². The molecule has 0 unspecified atom stereocenters. The number of aryl methyl sites for hydroxylation is 1. The minimum atomic E-state index is 0.941. The normalized spacial score (nSPS) is 10.8. The third-order valence-electron chi connectivity index (χ3n) is 3.49. The van der Waals surface area contributed by atoms with Crippen LogP contribution in [0.15, 0.2) is 35.7 Å². The first kappa shape index (κ1) is 15.1. The van der Waals surface area contributed by atoms with E-state index >= 15 is 0 Å². The van der Waals surface area contributed by atoms with E-state index in [1.54, 1.807) is 0 Å². The van der Waals surface area contributed by atoms with Gasteiger partial charge >= 0.3 is 0 Å². The molecule has 0 radical (unpaired) electrons. The number of hydrogen-bond donors (Lipinski definition) is 1. The lowest BCUT2D eigenvalue weighted by Gasteiger charge is -2.23. The van der Waals surface area contributed by atoms with E-state index in [0.717, 1.165) is 26.1 Å². The van der Waals surface area contributed by atoms with Gasteiger partial charge in [-0.05, 0) is 43.0 Å². The van der Waals surface area contributed by atoms with E-state index in [-0.39, 0.29) is 0 Å². The number of benzene rings is 1. The summed E-state index contributed by atoms with van der Waals surface area (Å²) in [6.45, 7) is 7.31. The molecule has 1 heterocycles. The lowest BCUT2D eigenvalue weighted by atomic mass is 10.1. The second-order valence-electron chi connectivity index (χ2n) is 5.16. The van der Waals surface area contributed by atoms with Crippen molar-refractivity contribution in [3.05, 3.63) is 51.7 Å². The number of rotatable bonds is 7. The Kier molecular flexibility index (Phi) is 5.62. The van der Waals surface area contributed by atoms with Crippen LogP contribution in [0, 0.1) is 6.92 Å². The molecule has 0 saturated heterocycles. The second-order valence-corrected chi connectivity index (χ2v) is 6.20. The van der Waals surface area contributed by atoms with Crippen molar-refractivity contribution < 1.29 is 0 Å². The van der Waals surface area contributed by atoms with E-state index in [2.05, 4.69) is 66.8 Å². The van der Waals surface area contributed by atoms with Gasteiger partial charge in [-0.25, -0.2) is 0 Å². The Hall–Kier alpha value is -1.32. The van der Waals surface area contributed by atoms with Crippen molar-refractivity contribution in [3.63, 3.8) is 0 Å². The van der Waals surface area contributed by atoms with Gasteiger partial charge in [0.25, 0.3) is 0 Å². The number of anilines is 1. The molecule has 0 amide bonds. The largest absolute Gasteiger partial charge is 0.374 e. The summed E-state index contributed by atoms with van der Waals surface area (Å²) >= 11 is 1.84. The van der Waals surface area contributed by atoms with Crippen molar-refractivity contribution in [1.29, 1.82) is 0 Å². The Balaban J connectivity index is 2.05. The van der Waals surface area contributed by atoms with Gasteiger partial charge in [0.05, 0.1) is 0 Å². The van der Waals surface area contributed by atoms with E-state index in [9.17, 15) is 0 Å². The van der Waals surface area contributed by atoms with Gasteiger partial charge in [-0.3, -0.25) is 0 Å². The SMILES string of the molecule is CCNCc1cc(C)ccc1N(C)CCc1cccs1. The molecule has 1 aromatic carbocycles. The number of nitrogens with zero attached hydrogens (tertiary/aromatic N) is 1. The zero-order chi connectivity index (χ0) is 14.4. The van der Waals surface area contributed by atoms with E-state index < -0.39 is 0 Å². The van der Waals surface area contributed by atoms with Crippen LogP contribution >= 0.6 is 11.3 Å². The highest BCUT2D eigenvalue weighted by atomic mass is 32.1. The first-order valence-electron chi connectivity index (χ1n) is 7.24. The summed E-state index contributed by atoms with van der Waals surface area (Å²) in [4.78, 5) is 3.82. The zero-order valence-corrected chi connectivity index (χ0v) is 13.5. The predicted molar refractivity (Wildman–Crippen MR) is 89.9 cm³/mol. The van der Waals surface area contributed by atoms with E-state index in [1.165, 1.54) is 21.7 Å². The summed E-state index contributed by atoms with van der Waals surface area (Å²) < 4.78 is 0. The van der Waals surface area contributed by atoms with Gasteiger partial charge < -0.3 is 10.2 Å². The molecule has 0 spiro atoms. The maximum atomic E-state index is 3.43. The summed E-state index contributed by atoms with van der Waals surface area (Å²) in [5, 5.41) is 5.58. The summed E-state index contributed by atoms with van der Waals surface area (Å²) in [7, 11) is 2.19. The minimum Gasteiger partial charge on any atom is -0.374 e. The van der Waals surface area contributed by atoms with Gasteiger partial charge in [0, 0.05) is 30.7 Å². The Bertz CT molecular complexity index is 520. The van der Waals surface area contributed by atoms with E-state index in [0.29, 0.717) is 0 Å². The van der Waals surface area contributed by atoms with Gasteiger partial charge in [0.2, 0.25) is 0 Å². The molecule has 108 valence electrons. The van der Waals surface area contributed by atoms with Crippen LogP contribution in [0.3, 0.4) is 0 Å². The van der Waals surface area contributed by atoms with Gasteiger partial charge in [-0.2, -0.15) is 0 Å². The Morgan fingerprint density at radius 3 is 2.80 bits per heavy atom. The highest BCUT2D eigenvalue weighted by Gasteiger charge is 2.08. The van der Waals surface area contributed by atoms with Crippen LogP contribution < -0.4 is 10.2 Å². The smallest absolute Gasteiger partial charge is 0.0409 e. The lowest BCUT2D eigenvalue weighted by molar-refractivity contribution is 0.722. The molecular formula is C17H24N2S. The molecule has 3 heteroatoms. The highest BCUT2D eigenvalue weighted by Crippen LogP contribution is 2.22. The van der Waals surface area contributed by atoms with E-state index in [4.69, 9.17) is 0 Å². The fraction of sp³-hybridized carbons (Fsp3) is 0.412. The van der Waals surface area contributed by atoms with Crippen molar-refractivity contribution in [1.82, 2.24) is 5.32 Å². The fourth-order valence-corrected chi connectivity index (χ4v) is 3.04. The molecule has 0 fully saturated rings. The van der Waals surface area contributed by atoms with Crippen LogP contribution in [0.5, 0.6) is 0 Å². The Morgan fingerprint density at radius 2 is 2.10 bits per heavy atom. The topological polar surface area (TPSA) is 15.3 Å². The maximum absolute atomic E-state index is 3.43. The van der Waals surface area contributed by atoms with Crippen LogP contribution in [0.25, 0.3) is 0 Å². The average molecular weight is 288 g/mol. The molecule has 0 aliphatic heterocycles. The first-order valence-corrected chi connectivity index (χ1v) is 8.12. The summed E-state index contributed by atoms with van der Waals surface area (Å²) in [6, 6.07) is 11.1. The minimum absolute atomic E-state index is 0.941. The molecule has 2 nitrogen and oxygen atoms in total. The molecular weight excluding hydrogens is 264 g/mol. The van der Waals surface area contributed by atoms with Crippen molar-refractivity contribution in [3.8, 4) is 0 Å². The third-order valence-corrected chi connectivity index (χ3v) is 4.42. The van der Waals surface area contributed by atoms with Crippen LogP contribution in [-0.2, 0) is 13.0 Å². The molecule has 2 aromatic rings. The van der Waals surface area contributed by atoms with Crippen molar-refractivity contribution in [2.75, 3.05) is 25.0 Å². The highest BCUT2D eigenvalue weighted by molar-refractivity contribution is 7.09. The van der Waals surface area contributed by atoms with Crippen LogP contribution in [-0.4, -0.2) is 20.1 Å². The van der Waals surface area contributed by atoms with Crippen LogP contribution in [0.2, 0.25) is 0 Å². The first-order chi connectivity index (χ1) is 9.70. The Morgan fingerprint density at radius 1 is 1.25 bits per heavy atom. The number of likely N-dealkylation sites (N-methyl/N-ethyl adjacent to an activating group) is 1. The molecule has 0 bridgehead atoms. The lowest BCUT2D eigenvalue weighted by Crippen LogP contribution is -2.23. The van der Waals surface area contributed by atoms with Gasteiger partial charge in [-0.15, -0.1) is 11.3 Å². The number of thiophene rings is 1. The van der Waals surface area contributed by atoms with Gasteiger partial charge in [0.15, 0.2) is 0 Å². The summed E-state index contributed by atoms with van der Waals surface area (Å²) in [6.07, 6.45) is 1.11.